The normalized spacial score (nSPS) is 11.4. The van der Waals surface area contributed by atoms with Gasteiger partial charge in [-0.2, -0.15) is 0 Å². The molecule has 0 aromatic heterocycles. The summed E-state index contributed by atoms with van der Waals surface area (Å²) >= 11 is 0. The molecule has 0 radical (unpaired) electrons. The number of ether oxygens (including phenoxy) is 1. The summed E-state index contributed by atoms with van der Waals surface area (Å²) in [6.07, 6.45) is 2.48. The quantitative estimate of drug-likeness (QED) is 0.656. The van der Waals surface area contributed by atoms with Crippen molar-refractivity contribution in [3.05, 3.63) is 40.0 Å². The highest BCUT2D eigenvalue weighted by Gasteiger charge is 2.16. The number of carbonyl (C=O) groups is 1. The number of phenolic OH excluding ortho intramolecular Hbond substituents is 1. The molecule has 0 unspecified atom stereocenters. The van der Waals surface area contributed by atoms with Gasteiger partial charge in [0.15, 0.2) is 0 Å². The van der Waals surface area contributed by atoms with Gasteiger partial charge in [0.2, 0.25) is 5.75 Å². The topological polar surface area (TPSA) is 102 Å². The van der Waals surface area contributed by atoms with Crippen LogP contribution in [0.2, 0.25) is 0 Å². The van der Waals surface area contributed by atoms with Gasteiger partial charge in [-0.1, -0.05) is 24.3 Å². The first kappa shape index (κ1) is 16.5. The van der Waals surface area contributed by atoms with Gasteiger partial charge in [0.05, 0.1) is 4.92 Å². The highest BCUT2D eigenvalue weighted by atomic mass is 16.6. The van der Waals surface area contributed by atoms with Crippen LogP contribution in [0, 0.1) is 10.1 Å². The van der Waals surface area contributed by atoms with Crippen molar-refractivity contribution >= 4 is 17.9 Å². The smallest absolute Gasteiger partial charge is 0.407 e. The molecule has 0 saturated carbocycles. The van der Waals surface area contributed by atoms with Gasteiger partial charge in [-0.3, -0.25) is 10.1 Å². The molecule has 0 aliphatic rings. The van der Waals surface area contributed by atoms with Crippen molar-refractivity contribution in [3.8, 4) is 5.75 Å². The number of rotatable bonds is 4. The number of benzene rings is 1. The second-order valence-corrected chi connectivity index (χ2v) is 5.26. The van der Waals surface area contributed by atoms with E-state index in [1.54, 1.807) is 26.8 Å². The van der Waals surface area contributed by atoms with Crippen molar-refractivity contribution in [1.29, 1.82) is 0 Å². The van der Waals surface area contributed by atoms with E-state index in [9.17, 15) is 20.0 Å². The van der Waals surface area contributed by atoms with Gasteiger partial charge in [0.25, 0.3) is 0 Å². The van der Waals surface area contributed by atoms with Crippen molar-refractivity contribution < 1.29 is 19.6 Å². The van der Waals surface area contributed by atoms with E-state index in [1.807, 2.05) is 0 Å². The lowest BCUT2D eigenvalue weighted by atomic mass is 10.1. The Morgan fingerprint density at radius 3 is 2.71 bits per heavy atom. The molecular weight excluding hydrogens is 276 g/mol. The van der Waals surface area contributed by atoms with Crippen LogP contribution in [0.25, 0.3) is 6.08 Å². The Hall–Kier alpha value is -2.57. The third kappa shape index (κ3) is 5.52. The molecule has 1 rings (SSSR count). The largest absolute Gasteiger partial charge is 0.502 e. The first-order chi connectivity index (χ1) is 9.70. The summed E-state index contributed by atoms with van der Waals surface area (Å²) in [7, 11) is 0. The summed E-state index contributed by atoms with van der Waals surface area (Å²) in [5, 5.41) is 22.9. The van der Waals surface area contributed by atoms with E-state index in [0.717, 1.165) is 0 Å². The third-order valence-electron chi connectivity index (χ3n) is 2.30. The van der Waals surface area contributed by atoms with Gasteiger partial charge in [-0.15, -0.1) is 0 Å². The van der Waals surface area contributed by atoms with Crippen LogP contribution in [0.1, 0.15) is 26.3 Å². The monoisotopic (exact) mass is 294 g/mol. The maximum Gasteiger partial charge on any atom is 0.407 e. The summed E-state index contributed by atoms with van der Waals surface area (Å²) in [5.74, 6) is -0.406. The first-order valence-corrected chi connectivity index (χ1v) is 6.30. The second kappa shape index (κ2) is 6.74. The van der Waals surface area contributed by atoms with Gasteiger partial charge in [0, 0.05) is 18.2 Å². The molecule has 0 atom stereocenters. The number of para-hydroxylation sites is 1. The molecule has 21 heavy (non-hydrogen) atoms. The molecule has 0 heterocycles. The summed E-state index contributed by atoms with van der Waals surface area (Å²) in [6.45, 7) is 5.44. The van der Waals surface area contributed by atoms with E-state index in [4.69, 9.17) is 4.74 Å². The molecule has 0 fully saturated rings. The Morgan fingerprint density at radius 2 is 2.14 bits per heavy atom. The number of nitrogens with one attached hydrogen (secondary N) is 1. The highest BCUT2D eigenvalue weighted by molar-refractivity contribution is 5.68. The molecule has 114 valence electrons. The minimum atomic E-state index is -0.661. The van der Waals surface area contributed by atoms with Crippen LogP contribution in [-0.4, -0.2) is 28.3 Å². The van der Waals surface area contributed by atoms with Crippen molar-refractivity contribution in [2.45, 2.75) is 26.4 Å². The molecule has 0 saturated heterocycles. The Morgan fingerprint density at radius 1 is 1.48 bits per heavy atom. The molecule has 2 N–H and O–H groups in total. The first-order valence-electron chi connectivity index (χ1n) is 6.30. The number of hydrogen-bond acceptors (Lipinski definition) is 5. The van der Waals surface area contributed by atoms with Crippen LogP contribution in [0.15, 0.2) is 24.3 Å². The van der Waals surface area contributed by atoms with Gasteiger partial charge >= 0.3 is 11.8 Å². The van der Waals surface area contributed by atoms with Crippen LogP contribution in [0.4, 0.5) is 10.5 Å². The fourth-order valence-electron chi connectivity index (χ4n) is 1.47. The Kier molecular flexibility index (Phi) is 5.29. The molecule has 7 nitrogen and oxygen atoms in total. The lowest BCUT2D eigenvalue weighted by Crippen LogP contribution is -2.32. The molecule has 1 aromatic carbocycles. The zero-order valence-electron chi connectivity index (χ0n) is 12.1. The van der Waals surface area contributed by atoms with Gasteiger partial charge < -0.3 is 15.2 Å². The second-order valence-electron chi connectivity index (χ2n) is 5.26. The molecular formula is C14H18N2O5. The molecule has 0 spiro atoms. The molecule has 1 amide bonds. The predicted molar refractivity (Wildman–Crippen MR) is 78.0 cm³/mol. The van der Waals surface area contributed by atoms with Crippen LogP contribution >= 0.6 is 0 Å². The van der Waals surface area contributed by atoms with E-state index in [2.05, 4.69) is 5.32 Å². The van der Waals surface area contributed by atoms with Gasteiger partial charge in [-0.25, -0.2) is 4.79 Å². The van der Waals surface area contributed by atoms with Crippen LogP contribution in [-0.2, 0) is 4.74 Å². The SMILES string of the molecule is CC(C)(C)OC(=O)NCC=Cc1cccc([N+](=O)[O-])c1O. The fourth-order valence-corrected chi connectivity index (χ4v) is 1.47. The minimum absolute atomic E-state index is 0.178. The number of nitro benzene ring substituents is 1. The predicted octanol–water partition coefficient (Wildman–Crippen LogP) is 2.84. The maximum absolute atomic E-state index is 11.4. The summed E-state index contributed by atoms with van der Waals surface area (Å²) in [4.78, 5) is 21.4. The number of hydrogen-bond donors (Lipinski definition) is 2. The molecule has 7 heteroatoms. The number of nitrogens with zero attached hydrogens (tertiary/aromatic N) is 1. The standard InChI is InChI=1S/C14H18N2O5/c1-14(2,3)21-13(18)15-9-5-7-10-6-4-8-11(12(10)17)16(19)20/h4-8,17H,9H2,1-3H3,(H,15,18). The van der Waals surface area contributed by atoms with Crippen molar-refractivity contribution in [1.82, 2.24) is 5.32 Å². The van der Waals surface area contributed by atoms with Crippen molar-refractivity contribution in [2.24, 2.45) is 0 Å². The van der Waals surface area contributed by atoms with Crippen LogP contribution < -0.4 is 5.32 Å². The maximum atomic E-state index is 11.4. The summed E-state index contributed by atoms with van der Waals surface area (Å²) in [6, 6.07) is 4.22. The average Bonchev–Trinajstić information content (AvgIpc) is 2.33. The number of alkyl carbamates (subject to hydrolysis) is 1. The summed E-state index contributed by atoms with van der Waals surface area (Å²) < 4.78 is 5.04. The van der Waals surface area contributed by atoms with Gasteiger partial charge in [0.1, 0.15) is 5.60 Å². The highest BCUT2D eigenvalue weighted by Crippen LogP contribution is 2.29. The van der Waals surface area contributed by atoms with Crippen molar-refractivity contribution in [2.75, 3.05) is 6.54 Å². The number of carbonyl (C=O) groups excluding carboxylic acids is 1. The number of phenols is 1. The van der Waals surface area contributed by atoms with Crippen LogP contribution in [0.5, 0.6) is 5.75 Å². The zero-order chi connectivity index (χ0) is 16.0. The zero-order valence-corrected chi connectivity index (χ0v) is 12.1. The number of amides is 1. The molecule has 0 aliphatic carbocycles. The fraction of sp³-hybridized carbons (Fsp3) is 0.357. The Labute approximate surface area is 122 Å². The molecule has 1 aromatic rings. The molecule has 0 aliphatic heterocycles. The Balaban J connectivity index is 2.61. The lowest BCUT2D eigenvalue weighted by Gasteiger charge is -2.19. The van der Waals surface area contributed by atoms with E-state index in [-0.39, 0.29) is 12.2 Å². The van der Waals surface area contributed by atoms with E-state index in [1.165, 1.54) is 24.3 Å². The minimum Gasteiger partial charge on any atom is -0.502 e. The van der Waals surface area contributed by atoms with Gasteiger partial charge in [-0.05, 0) is 20.8 Å². The van der Waals surface area contributed by atoms with E-state index < -0.39 is 22.4 Å². The lowest BCUT2D eigenvalue weighted by molar-refractivity contribution is -0.385. The summed E-state index contributed by atoms with van der Waals surface area (Å²) in [5.41, 5.74) is -0.640. The van der Waals surface area contributed by atoms with E-state index in [0.29, 0.717) is 5.56 Å². The van der Waals surface area contributed by atoms with Crippen LogP contribution in [0.3, 0.4) is 0 Å². The number of nitro groups is 1. The average molecular weight is 294 g/mol. The molecule has 0 bridgehead atoms. The van der Waals surface area contributed by atoms with Crippen molar-refractivity contribution in [3.63, 3.8) is 0 Å². The Bertz CT molecular complexity index is 561. The third-order valence-corrected chi connectivity index (χ3v) is 2.30. The number of aromatic hydroxyl groups is 1. The van der Waals surface area contributed by atoms with E-state index >= 15 is 0 Å².